The van der Waals surface area contributed by atoms with Crippen LogP contribution in [-0.4, -0.2) is 23.8 Å². The van der Waals surface area contributed by atoms with Crippen LogP contribution in [0.2, 0.25) is 0 Å². The molecule has 0 aliphatic carbocycles. The van der Waals surface area contributed by atoms with Crippen molar-refractivity contribution in [1.29, 1.82) is 0 Å². The summed E-state index contributed by atoms with van der Waals surface area (Å²) in [5, 5.41) is 3.67. The van der Waals surface area contributed by atoms with Crippen molar-refractivity contribution in [2.45, 2.75) is 0 Å². The number of carbonyl (C=O) groups is 1. The molecule has 0 fully saturated rings. The number of ether oxygens (including phenoxy) is 1. The van der Waals surface area contributed by atoms with Crippen LogP contribution in [0.25, 0.3) is 10.9 Å². The highest BCUT2D eigenvalue weighted by molar-refractivity contribution is 7.81. The minimum atomic E-state index is -0.173. The summed E-state index contributed by atoms with van der Waals surface area (Å²) in [6.45, 7) is 0. The quantitative estimate of drug-likeness (QED) is 0.818. The number of pyridine rings is 1. The van der Waals surface area contributed by atoms with Crippen LogP contribution in [0.15, 0.2) is 30.5 Å². The molecule has 1 heterocycles. The molecular weight excluding hydrogens is 236 g/mol. The van der Waals surface area contributed by atoms with E-state index >= 15 is 0 Å². The second-order valence-corrected chi connectivity index (χ2v) is 3.77. The summed E-state index contributed by atoms with van der Waals surface area (Å²) in [5.41, 5.74) is 1.38. The number of nitrogens with zero attached hydrogens (tertiary/aromatic N) is 1. The molecule has 0 atom stereocenters. The molecule has 1 amide bonds. The van der Waals surface area contributed by atoms with Gasteiger partial charge in [-0.25, -0.2) is 0 Å². The van der Waals surface area contributed by atoms with Crippen LogP contribution in [0.4, 0.5) is 5.69 Å². The van der Waals surface area contributed by atoms with E-state index < -0.39 is 0 Å². The van der Waals surface area contributed by atoms with Crippen molar-refractivity contribution in [3.05, 3.63) is 30.5 Å². The second kappa shape index (κ2) is 5.05. The van der Waals surface area contributed by atoms with Crippen LogP contribution < -0.4 is 10.1 Å². The standard InChI is InChI=1S/C12H12N2O2S/c1-16-9-5-8-3-2-4-13-12(8)10(6-9)14-11(15)7-17/h2-6,17H,7H2,1H3,(H,14,15). The van der Waals surface area contributed by atoms with Gasteiger partial charge in [0, 0.05) is 17.6 Å². The molecule has 0 aliphatic heterocycles. The van der Waals surface area contributed by atoms with Crippen LogP contribution in [0.1, 0.15) is 0 Å². The van der Waals surface area contributed by atoms with Gasteiger partial charge in [-0.15, -0.1) is 0 Å². The summed E-state index contributed by atoms with van der Waals surface area (Å²) in [4.78, 5) is 15.6. The van der Waals surface area contributed by atoms with Gasteiger partial charge in [-0.3, -0.25) is 9.78 Å². The van der Waals surface area contributed by atoms with Crippen LogP contribution >= 0.6 is 12.6 Å². The highest BCUT2D eigenvalue weighted by atomic mass is 32.1. The van der Waals surface area contributed by atoms with E-state index in [1.165, 1.54) is 0 Å². The Morgan fingerprint density at radius 1 is 1.53 bits per heavy atom. The fourth-order valence-electron chi connectivity index (χ4n) is 1.57. The first-order valence-electron chi connectivity index (χ1n) is 5.08. The molecule has 0 spiro atoms. The molecule has 0 unspecified atom stereocenters. The third kappa shape index (κ3) is 2.50. The number of amides is 1. The Morgan fingerprint density at radius 2 is 2.35 bits per heavy atom. The van der Waals surface area contributed by atoms with Gasteiger partial charge in [0.15, 0.2) is 0 Å². The van der Waals surface area contributed by atoms with E-state index in [-0.39, 0.29) is 11.7 Å². The number of anilines is 1. The van der Waals surface area contributed by atoms with E-state index in [4.69, 9.17) is 4.74 Å². The maximum atomic E-state index is 11.4. The van der Waals surface area contributed by atoms with Gasteiger partial charge >= 0.3 is 0 Å². The lowest BCUT2D eigenvalue weighted by atomic mass is 10.2. The fraction of sp³-hybridized carbons (Fsp3) is 0.167. The van der Waals surface area contributed by atoms with E-state index in [2.05, 4.69) is 22.9 Å². The Kier molecular flexibility index (Phi) is 3.49. The zero-order valence-electron chi connectivity index (χ0n) is 9.30. The molecular formula is C12H12N2O2S. The number of rotatable bonds is 3. The molecule has 1 aromatic carbocycles. The molecule has 88 valence electrons. The number of hydrogen-bond donors (Lipinski definition) is 2. The maximum absolute atomic E-state index is 11.4. The SMILES string of the molecule is COc1cc(NC(=O)CS)c2ncccc2c1. The van der Waals surface area contributed by atoms with E-state index in [1.807, 2.05) is 18.2 Å². The smallest absolute Gasteiger partial charge is 0.234 e. The lowest BCUT2D eigenvalue weighted by Gasteiger charge is -2.09. The molecule has 1 aromatic heterocycles. The Labute approximate surface area is 104 Å². The maximum Gasteiger partial charge on any atom is 0.234 e. The first kappa shape index (κ1) is 11.7. The van der Waals surface area contributed by atoms with Crippen LogP contribution in [0.5, 0.6) is 5.75 Å². The first-order valence-corrected chi connectivity index (χ1v) is 5.71. The average Bonchev–Trinajstić information content (AvgIpc) is 2.38. The zero-order chi connectivity index (χ0) is 12.3. The van der Waals surface area contributed by atoms with Gasteiger partial charge in [0.05, 0.1) is 24.1 Å². The van der Waals surface area contributed by atoms with Crippen molar-refractivity contribution in [3.63, 3.8) is 0 Å². The van der Waals surface area contributed by atoms with Crippen molar-refractivity contribution < 1.29 is 9.53 Å². The monoisotopic (exact) mass is 248 g/mol. The van der Waals surface area contributed by atoms with Crippen LogP contribution in [-0.2, 0) is 4.79 Å². The van der Waals surface area contributed by atoms with Crippen LogP contribution in [0, 0.1) is 0 Å². The van der Waals surface area contributed by atoms with E-state index in [0.717, 1.165) is 10.9 Å². The van der Waals surface area contributed by atoms with Gasteiger partial charge in [0.25, 0.3) is 0 Å². The number of hydrogen-bond acceptors (Lipinski definition) is 4. The van der Waals surface area contributed by atoms with Crippen molar-refractivity contribution >= 4 is 35.1 Å². The number of methoxy groups -OCH3 is 1. The lowest BCUT2D eigenvalue weighted by Crippen LogP contribution is -2.13. The van der Waals surface area contributed by atoms with Crippen molar-refractivity contribution in [2.24, 2.45) is 0 Å². The minimum Gasteiger partial charge on any atom is -0.497 e. The van der Waals surface area contributed by atoms with E-state index in [1.54, 1.807) is 19.4 Å². The number of nitrogens with one attached hydrogen (secondary N) is 1. The van der Waals surface area contributed by atoms with E-state index in [9.17, 15) is 4.79 Å². The minimum absolute atomic E-state index is 0.130. The molecule has 0 saturated heterocycles. The summed E-state index contributed by atoms with van der Waals surface area (Å²) in [6.07, 6.45) is 1.69. The highest BCUT2D eigenvalue weighted by Crippen LogP contribution is 2.27. The fourth-order valence-corrected chi connectivity index (χ4v) is 1.65. The van der Waals surface area contributed by atoms with Crippen molar-refractivity contribution in [2.75, 3.05) is 18.2 Å². The number of aromatic nitrogens is 1. The average molecular weight is 248 g/mol. The molecule has 1 N–H and O–H groups in total. The third-order valence-electron chi connectivity index (χ3n) is 2.33. The topological polar surface area (TPSA) is 51.2 Å². The van der Waals surface area contributed by atoms with Crippen LogP contribution in [0.3, 0.4) is 0 Å². The number of benzene rings is 1. The number of fused-ring (bicyclic) bond motifs is 1. The summed E-state index contributed by atoms with van der Waals surface area (Å²) >= 11 is 3.93. The normalized spacial score (nSPS) is 10.2. The molecule has 0 bridgehead atoms. The Hall–Kier alpha value is -1.75. The van der Waals surface area contributed by atoms with Crippen molar-refractivity contribution in [3.8, 4) is 5.75 Å². The molecule has 17 heavy (non-hydrogen) atoms. The zero-order valence-corrected chi connectivity index (χ0v) is 10.2. The van der Waals surface area contributed by atoms with Crippen molar-refractivity contribution in [1.82, 2.24) is 4.98 Å². The largest absolute Gasteiger partial charge is 0.497 e. The molecule has 5 heteroatoms. The number of carbonyl (C=O) groups excluding carboxylic acids is 1. The number of thiol groups is 1. The highest BCUT2D eigenvalue weighted by Gasteiger charge is 2.07. The van der Waals surface area contributed by atoms with Gasteiger partial charge in [0.2, 0.25) is 5.91 Å². The summed E-state index contributed by atoms with van der Waals surface area (Å²) in [5.74, 6) is 0.638. The predicted octanol–water partition coefficient (Wildman–Crippen LogP) is 2.11. The summed E-state index contributed by atoms with van der Waals surface area (Å²) in [6, 6.07) is 7.38. The third-order valence-corrected chi connectivity index (χ3v) is 2.62. The Bertz CT molecular complexity index is 557. The van der Waals surface area contributed by atoms with Gasteiger partial charge in [-0.2, -0.15) is 12.6 Å². The van der Waals surface area contributed by atoms with Gasteiger partial charge in [0.1, 0.15) is 5.75 Å². The Morgan fingerprint density at radius 3 is 3.06 bits per heavy atom. The molecule has 0 radical (unpaired) electrons. The van der Waals surface area contributed by atoms with Gasteiger partial charge < -0.3 is 10.1 Å². The Balaban J connectivity index is 2.54. The predicted molar refractivity (Wildman–Crippen MR) is 70.8 cm³/mol. The lowest BCUT2D eigenvalue weighted by molar-refractivity contribution is -0.113. The summed E-state index contributed by atoms with van der Waals surface area (Å²) in [7, 11) is 1.59. The summed E-state index contributed by atoms with van der Waals surface area (Å²) < 4.78 is 5.18. The van der Waals surface area contributed by atoms with Gasteiger partial charge in [-0.1, -0.05) is 6.07 Å². The molecule has 2 rings (SSSR count). The molecule has 2 aromatic rings. The molecule has 0 aliphatic rings. The molecule has 0 saturated carbocycles. The first-order chi connectivity index (χ1) is 8.24. The van der Waals surface area contributed by atoms with E-state index in [0.29, 0.717) is 11.4 Å². The van der Waals surface area contributed by atoms with Gasteiger partial charge in [-0.05, 0) is 12.1 Å². The molecule has 4 nitrogen and oxygen atoms in total. The second-order valence-electron chi connectivity index (χ2n) is 3.46.